The minimum atomic E-state index is -0.474. The molecule has 0 heterocycles. The van der Waals surface area contributed by atoms with Crippen molar-refractivity contribution in [3.05, 3.63) is 0 Å². The lowest BCUT2D eigenvalue weighted by Crippen LogP contribution is -2.47. The van der Waals surface area contributed by atoms with Gasteiger partial charge in [-0.1, -0.05) is 34.6 Å². The smallest absolute Gasteiger partial charge is 0.227 e. The van der Waals surface area contributed by atoms with Crippen LogP contribution in [0, 0.1) is 22.2 Å². The first-order valence-electron chi connectivity index (χ1n) is 4.83. The zero-order chi connectivity index (χ0) is 11.6. The van der Waals surface area contributed by atoms with Gasteiger partial charge in [-0.15, -0.1) is 0 Å². The zero-order valence-electron chi connectivity index (χ0n) is 9.93. The van der Waals surface area contributed by atoms with Crippen molar-refractivity contribution in [3.63, 3.8) is 0 Å². The van der Waals surface area contributed by atoms with Crippen LogP contribution < -0.4 is 5.32 Å². The summed E-state index contributed by atoms with van der Waals surface area (Å²) in [4.78, 5) is 11.8. The van der Waals surface area contributed by atoms with Gasteiger partial charge in [-0.05, 0) is 12.3 Å². The fourth-order valence-electron chi connectivity index (χ4n) is 0.750. The van der Waals surface area contributed by atoms with Gasteiger partial charge >= 0.3 is 0 Å². The third-order valence-corrected chi connectivity index (χ3v) is 2.98. The number of nitrogens with one attached hydrogen (secondary N) is 1. The Labute approximate surface area is 86.5 Å². The van der Waals surface area contributed by atoms with Crippen LogP contribution in [0.1, 0.15) is 41.5 Å². The minimum Gasteiger partial charge on any atom is -0.340 e. The first-order valence-corrected chi connectivity index (χ1v) is 4.83. The molecule has 0 saturated heterocycles. The second kappa shape index (κ2) is 4.00. The Morgan fingerprint density at radius 3 is 2.00 bits per heavy atom. The van der Waals surface area contributed by atoms with E-state index in [0.29, 0.717) is 0 Å². The Morgan fingerprint density at radius 1 is 1.29 bits per heavy atom. The molecule has 3 heteroatoms. The van der Waals surface area contributed by atoms with E-state index in [4.69, 9.17) is 5.26 Å². The molecule has 80 valence electrons. The molecule has 0 saturated carbocycles. The highest BCUT2D eigenvalue weighted by Crippen LogP contribution is 2.37. The van der Waals surface area contributed by atoms with Gasteiger partial charge in [0.05, 0.1) is 6.07 Å². The minimum absolute atomic E-state index is 0.0703. The third-order valence-electron chi connectivity index (χ3n) is 2.98. The average Bonchev–Trinajstić information content (AvgIpc) is 2.01. The lowest BCUT2D eigenvalue weighted by molar-refractivity contribution is -0.135. The highest BCUT2D eigenvalue weighted by Gasteiger charge is 2.39. The van der Waals surface area contributed by atoms with Gasteiger partial charge in [0.15, 0.2) is 0 Å². The molecule has 0 aliphatic rings. The highest BCUT2D eigenvalue weighted by molar-refractivity contribution is 5.83. The summed E-state index contributed by atoms with van der Waals surface area (Å²) >= 11 is 0. The Kier molecular flexibility index (Phi) is 3.70. The van der Waals surface area contributed by atoms with Crippen molar-refractivity contribution in [2.24, 2.45) is 10.8 Å². The van der Waals surface area contributed by atoms with Gasteiger partial charge < -0.3 is 5.32 Å². The summed E-state index contributed by atoms with van der Waals surface area (Å²) in [7, 11) is 0. The monoisotopic (exact) mass is 196 g/mol. The molecule has 3 nitrogen and oxygen atoms in total. The predicted molar refractivity (Wildman–Crippen MR) is 56.5 cm³/mol. The molecule has 0 aliphatic heterocycles. The summed E-state index contributed by atoms with van der Waals surface area (Å²) in [5, 5.41) is 11.3. The normalized spacial score (nSPS) is 14.4. The van der Waals surface area contributed by atoms with Crippen molar-refractivity contribution in [1.82, 2.24) is 5.32 Å². The van der Waals surface area contributed by atoms with Gasteiger partial charge in [0.25, 0.3) is 0 Å². The molecule has 0 aromatic heterocycles. The molecule has 0 aliphatic carbocycles. The Bertz CT molecular complexity index is 255. The topological polar surface area (TPSA) is 52.9 Å². The number of hydrogen-bond donors (Lipinski definition) is 1. The fourth-order valence-corrected chi connectivity index (χ4v) is 0.750. The van der Waals surface area contributed by atoms with Gasteiger partial charge in [0, 0.05) is 5.41 Å². The fraction of sp³-hybridized carbons (Fsp3) is 0.818. The quantitative estimate of drug-likeness (QED) is 0.735. The van der Waals surface area contributed by atoms with E-state index in [0.717, 1.165) is 0 Å². The van der Waals surface area contributed by atoms with E-state index >= 15 is 0 Å². The molecule has 0 radical (unpaired) electrons. The van der Waals surface area contributed by atoms with E-state index < -0.39 is 11.5 Å². The van der Waals surface area contributed by atoms with E-state index in [9.17, 15) is 4.79 Å². The van der Waals surface area contributed by atoms with Gasteiger partial charge in [-0.2, -0.15) is 5.26 Å². The van der Waals surface area contributed by atoms with Crippen molar-refractivity contribution in [1.29, 1.82) is 5.26 Å². The number of carbonyl (C=O) groups is 1. The van der Waals surface area contributed by atoms with Crippen molar-refractivity contribution in [3.8, 4) is 6.07 Å². The maximum atomic E-state index is 11.8. The Hall–Kier alpha value is -1.04. The van der Waals surface area contributed by atoms with Gasteiger partial charge in [-0.3, -0.25) is 4.79 Å². The molecule has 0 aromatic rings. The van der Waals surface area contributed by atoms with Crippen molar-refractivity contribution < 1.29 is 4.79 Å². The van der Waals surface area contributed by atoms with Crippen LogP contribution in [0.3, 0.4) is 0 Å². The van der Waals surface area contributed by atoms with Crippen LogP contribution in [-0.4, -0.2) is 11.9 Å². The summed E-state index contributed by atoms with van der Waals surface area (Å²) in [6.07, 6.45) is 0. The lowest BCUT2D eigenvalue weighted by Gasteiger charge is -2.37. The molecule has 1 atom stereocenters. The number of nitrogens with zero attached hydrogens (tertiary/aromatic N) is 1. The van der Waals surface area contributed by atoms with E-state index in [2.05, 4.69) is 5.32 Å². The third kappa shape index (κ3) is 2.73. The molecule has 0 aromatic carbocycles. The van der Waals surface area contributed by atoms with Gasteiger partial charge in [0.1, 0.15) is 6.04 Å². The first kappa shape index (κ1) is 13.0. The molecular weight excluding hydrogens is 176 g/mol. The van der Waals surface area contributed by atoms with Crippen LogP contribution in [0.2, 0.25) is 0 Å². The van der Waals surface area contributed by atoms with E-state index in [1.165, 1.54) is 0 Å². The average molecular weight is 196 g/mol. The molecule has 0 fully saturated rings. The van der Waals surface area contributed by atoms with Gasteiger partial charge in [-0.25, -0.2) is 0 Å². The second-order valence-electron chi connectivity index (χ2n) is 5.20. The molecule has 0 spiro atoms. The van der Waals surface area contributed by atoms with Crippen molar-refractivity contribution in [2.45, 2.75) is 47.6 Å². The molecular formula is C11H20N2O. The molecule has 1 unspecified atom stereocenters. The molecule has 0 rings (SSSR count). The molecule has 14 heavy (non-hydrogen) atoms. The number of amides is 1. The Morgan fingerprint density at radius 2 is 1.71 bits per heavy atom. The first-order chi connectivity index (χ1) is 6.13. The van der Waals surface area contributed by atoms with Crippen LogP contribution in [-0.2, 0) is 4.79 Å². The Balaban J connectivity index is 4.63. The van der Waals surface area contributed by atoms with Crippen LogP contribution >= 0.6 is 0 Å². The second-order valence-corrected chi connectivity index (χ2v) is 5.20. The molecule has 1 N–H and O–H groups in total. The maximum Gasteiger partial charge on any atom is 0.227 e. The zero-order valence-corrected chi connectivity index (χ0v) is 9.93. The molecule has 0 bridgehead atoms. The van der Waals surface area contributed by atoms with Gasteiger partial charge in [0.2, 0.25) is 5.91 Å². The van der Waals surface area contributed by atoms with Crippen LogP contribution in [0.5, 0.6) is 0 Å². The highest BCUT2D eigenvalue weighted by atomic mass is 16.2. The standard InChI is InChI=1S/C11H20N2O/c1-8(7-12)13-9(14)11(5,6)10(2,3)4/h8H,1-6H3,(H,13,14). The SMILES string of the molecule is CC(C#N)NC(=O)C(C)(C)C(C)(C)C. The largest absolute Gasteiger partial charge is 0.340 e. The molecule has 1 amide bonds. The van der Waals surface area contributed by atoms with Crippen LogP contribution in [0.4, 0.5) is 0 Å². The number of carbonyl (C=O) groups excluding carboxylic acids is 1. The van der Waals surface area contributed by atoms with E-state index in [1.54, 1.807) is 6.92 Å². The number of hydrogen-bond acceptors (Lipinski definition) is 2. The maximum absolute atomic E-state index is 11.8. The van der Waals surface area contributed by atoms with E-state index in [-0.39, 0.29) is 11.3 Å². The summed E-state index contributed by atoms with van der Waals surface area (Å²) in [6, 6.07) is 1.56. The van der Waals surface area contributed by atoms with Crippen LogP contribution in [0.15, 0.2) is 0 Å². The predicted octanol–water partition coefficient (Wildman–Crippen LogP) is 2.09. The summed E-state index contributed by atoms with van der Waals surface area (Å²) < 4.78 is 0. The lowest BCUT2D eigenvalue weighted by atomic mass is 9.68. The van der Waals surface area contributed by atoms with E-state index in [1.807, 2.05) is 40.7 Å². The van der Waals surface area contributed by atoms with Crippen LogP contribution in [0.25, 0.3) is 0 Å². The summed E-state index contributed by atoms with van der Waals surface area (Å²) in [6.45, 7) is 11.5. The summed E-state index contributed by atoms with van der Waals surface area (Å²) in [5.41, 5.74) is -0.593. The van der Waals surface area contributed by atoms with Crippen molar-refractivity contribution >= 4 is 5.91 Å². The number of rotatable bonds is 2. The summed E-state index contributed by atoms with van der Waals surface area (Å²) in [5.74, 6) is -0.0703. The number of nitriles is 1. The van der Waals surface area contributed by atoms with Crippen molar-refractivity contribution in [2.75, 3.05) is 0 Å².